The molecular formula is C36H39F6NO4. The lowest BCUT2D eigenvalue weighted by molar-refractivity contribution is -0.143. The first-order valence-corrected chi connectivity index (χ1v) is 15.9. The number of allylic oxidation sites excluding steroid dienone is 2. The fraction of sp³-hybridized carbons (Fsp3) is 0.500. The Morgan fingerprint density at radius 3 is 2.06 bits per heavy atom. The van der Waals surface area contributed by atoms with Crippen molar-refractivity contribution in [2.75, 3.05) is 11.5 Å². The lowest BCUT2D eigenvalue weighted by atomic mass is 9.67. The Bertz CT molecular complexity index is 1580. The summed E-state index contributed by atoms with van der Waals surface area (Å²) in [7, 11) is 0. The van der Waals surface area contributed by atoms with Crippen molar-refractivity contribution in [3.63, 3.8) is 0 Å². The number of phenolic OH excluding ortho intramolecular Hbond substituents is 1. The van der Waals surface area contributed by atoms with Crippen molar-refractivity contribution in [1.82, 2.24) is 0 Å². The summed E-state index contributed by atoms with van der Waals surface area (Å²) in [6.07, 6.45) is -5.23. The molecule has 2 aromatic rings. The molecule has 0 saturated carbocycles. The molecule has 5 nitrogen and oxygen atoms in total. The molecule has 2 saturated heterocycles. The summed E-state index contributed by atoms with van der Waals surface area (Å²) in [4.78, 5) is 28.1. The number of phenols is 1. The van der Waals surface area contributed by atoms with Crippen molar-refractivity contribution < 1.29 is 45.8 Å². The lowest BCUT2D eigenvalue weighted by Crippen LogP contribution is -2.35. The number of ether oxygens (including phenoxy) is 1. The molecule has 0 unspecified atom stereocenters. The minimum absolute atomic E-state index is 0.0151. The van der Waals surface area contributed by atoms with Crippen LogP contribution in [0.2, 0.25) is 0 Å². The van der Waals surface area contributed by atoms with Gasteiger partial charge in [-0.05, 0) is 98.0 Å². The molecule has 2 aliphatic heterocycles. The van der Waals surface area contributed by atoms with E-state index in [9.17, 15) is 41.0 Å². The van der Waals surface area contributed by atoms with Crippen LogP contribution in [-0.4, -0.2) is 29.6 Å². The van der Waals surface area contributed by atoms with Gasteiger partial charge >= 0.3 is 12.4 Å². The van der Waals surface area contributed by atoms with Crippen molar-refractivity contribution in [2.24, 2.45) is 23.7 Å². The van der Waals surface area contributed by atoms with Crippen molar-refractivity contribution in [3.8, 4) is 5.75 Å². The van der Waals surface area contributed by atoms with Gasteiger partial charge in [0.1, 0.15) is 5.75 Å². The van der Waals surface area contributed by atoms with E-state index in [1.165, 1.54) is 5.57 Å². The standard InChI is InChI=1S/C36H39F6NO4/c1-6-7-21(12-22-10-19(4)32(44)20(5)11-22)8-9-29-30-26(18(2)3)16-27-31(28(30)17-47-29)34(46)43(33(27)45)25-14-23(35(37,38)39)13-24(15-25)36(40,41)42/h10-15,18,27-29,31,44H,6-9,16-17H2,1-5H3/b21-12+/t27-,28+,29-,31-/m1/s1. The maximum atomic E-state index is 13.9. The molecule has 47 heavy (non-hydrogen) atoms. The van der Waals surface area contributed by atoms with Crippen LogP contribution in [0.25, 0.3) is 6.08 Å². The number of hydrogen-bond donors (Lipinski definition) is 1. The van der Waals surface area contributed by atoms with Crippen LogP contribution in [0.15, 0.2) is 47.1 Å². The number of carbonyl (C=O) groups is 2. The van der Waals surface area contributed by atoms with Gasteiger partial charge in [0.2, 0.25) is 11.8 Å². The van der Waals surface area contributed by atoms with Crippen LogP contribution in [0.3, 0.4) is 0 Å². The highest BCUT2D eigenvalue weighted by atomic mass is 19.4. The third kappa shape index (κ3) is 6.73. The molecule has 0 spiro atoms. The Morgan fingerprint density at radius 1 is 0.936 bits per heavy atom. The van der Waals surface area contributed by atoms with Crippen molar-refractivity contribution in [2.45, 2.75) is 85.2 Å². The number of fused-ring (bicyclic) bond motifs is 3. The minimum atomic E-state index is -5.12. The number of imide groups is 1. The molecule has 0 aromatic heterocycles. The summed E-state index contributed by atoms with van der Waals surface area (Å²) in [5.74, 6) is -3.70. The molecule has 2 aromatic carbocycles. The van der Waals surface area contributed by atoms with Gasteiger partial charge in [0.15, 0.2) is 0 Å². The first kappa shape index (κ1) is 34.7. The average Bonchev–Trinajstić information content (AvgIpc) is 3.50. The number of nitrogens with zero attached hydrogens (tertiary/aromatic N) is 1. The van der Waals surface area contributed by atoms with E-state index < -0.39 is 58.7 Å². The second kappa shape index (κ2) is 12.8. The van der Waals surface area contributed by atoms with Crippen LogP contribution in [-0.2, 0) is 26.7 Å². The topological polar surface area (TPSA) is 66.8 Å². The molecule has 3 aliphatic rings. The molecular weight excluding hydrogens is 624 g/mol. The lowest BCUT2D eigenvalue weighted by Gasteiger charge is -2.33. The number of anilines is 1. The van der Waals surface area contributed by atoms with E-state index in [-0.39, 0.29) is 36.9 Å². The highest BCUT2D eigenvalue weighted by molar-refractivity contribution is 6.22. The Kier molecular flexibility index (Phi) is 9.44. The van der Waals surface area contributed by atoms with Crippen molar-refractivity contribution in [3.05, 3.63) is 74.9 Å². The molecule has 0 radical (unpaired) electrons. The van der Waals surface area contributed by atoms with Crippen LogP contribution in [0.1, 0.15) is 80.7 Å². The highest BCUT2D eigenvalue weighted by Gasteiger charge is 2.58. The van der Waals surface area contributed by atoms with E-state index in [1.54, 1.807) is 0 Å². The van der Waals surface area contributed by atoms with Crippen LogP contribution in [0, 0.1) is 37.5 Å². The zero-order valence-electron chi connectivity index (χ0n) is 27.0. The van der Waals surface area contributed by atoms with Gasteiger partial charge in [-0.1, -0.05) is 44.4 Å². The Hall–Kier alpha value is -3.60. The second-order valence-electron chi connectivity index (χ2n) is 13.3. The van der Waals surface area contributed by atoms with Gasteiger partial charge < -0.3 is 9.84 Å². The van der Waals surface area contributed by atoms with Gasteiger partial charge in [-0.15, -0.1) is 0 Å². The van der Waals surface area contributed by atoms with Crippen LogP contribution >= 0.6 is 0 Å². The van der Waals surface area contributed by atoms with E-state index in [0.717, 1.165) is 40.7 Å². The molecule has 1 N–H and O–H groups in total. The van der Waals surface area contributed by atoms with Gasteiger partial charge in [-0.25, -0.2) is 4.90 Å². The summed E-state index contributed by atoms with van der Waals surface area (Å²) in [5.41, 5.74) is 1.71. The predicted octanol–water partition coefficient (Wildman–Crippen LogP) is 9.19. The second-order valence-corrected chi connectivity index (χ2v) is 13.3. The SMILES string of the molecule is CCC/C(=C\c1cc(C)c(O)c(C)c1)CC[C@H]1OC[C@H]2C1=C(C(C)C)C[C@H]1C(=O)N(c3cc(C(F)(F)F)cc(C(F)(F)F)c3)C(=O)[C@H]12. The summed E-state index contributed by atoms with van der Waals surface area (Å²) in [6, 6.07) is 4.72. The van der Waals surface area contributed by atoms with Gasteiger partial charge in [0.25, 0.3) is 0 Å². The quantitative estimate of drug-likeness (QED) is 0.174. The number of benzene rings is 2. The van der Waals surface area contributed by atoms with Crippen molar-refractivity contribution >= 4 is 23.6 Å². The van der Waals surface area contributed by atoms with Crippen LogP contribution in [0.5, 0.6) is 5.75 Å². The Balaban J connectivity index is 1.45. The summed E-state index contributed by atoms with van der Waals surface area (Å²) >= 11 is 0. The maximum Gasteiger partial charge on any atom is 0.416 e. The fourth-order valence-corrected chi connectivity index (χ4v) is 7.50. The molecule has 254 valence electrons. The maximum absolute atomic E-state index is 13.9. The monoisotopic (exact) mass is 663 g/mol. The van der Waals surface area contributed by atoms with Gasteiger partial charge in [0.05, 0.1) is 41.4 Å². The van der Waals surface area contributed by atoms with E-state index >= 15 is 0 Å². The zero-order valence-corrected chi connectivity index (χ0v) is 27.0. The van der Waals surface area contributed by atoms with E-state index in [2.05, 4.69) is 13.0 Å². The number of aromatic hydroxyl groups is 1. The molecule has 2 fully saturated rings. The molecule has 2 amide bonds. The van der Waals surface area contributed by atoms with Gasteiger partial charge in [0, 0.05) is 5.92 Å². The highest BCUT2D eigenvalue weighted by Crippen LogP contribution is 2.52. The number of amides is 2. The first-order valence-electron chi connectivity index (χ1n) is 15.9. The van der Waals surface area contributed by atoms with Crippen LogP contribution < -0.4 is 4.90 Å². The molecule has 0 bridgehead atoms. The number of alkyl halides is 6. The zero-order chi connectivity index (χ0) is 34.6. The van der Waals surface area contributed by atoms with E-state index in [4.69, 9.17) is 4.74 Å². The summed E-state index contributed by atoms with van der Waals surface area (Å²) in [6.45, 7) is 9.84. The average molecular weight is 664 g/mol. The number of aryl methyl sites for hydroxylation is 2. The fourth-order valence-electron chi connectivity index (χ4n) is 7.50. The van der Waals surface area contributed by atoms with E-state index in [1.807, 2.05) is 39.8 Å². The third-order valence-corrected chi connectivity index (χ3v) is 9.65. The largest absolute Gasteiger partial charge is 0.507 e. The molecule has 4 atom stereocenters. The number of rotatable bonds is 8. The summed E-state index contributed by atoms with van der Waals surface area (Å²) in [5, 5.41) is 10.2. The van der Waals surface area contributed by atoms with Crippen LogP contribution in [0.4, 0.5) is 32.0 Å². The number of halogens is 6. The Morgan fingerprint density at radius 2 is 1.53 bits per heavy atom. The normalized spacial score (nSPS) is 23.7. The predicted molar refractivity (Wildman–Crippen MR) is 165 cm³/mol. The number of hydrogen-bond acceptors (Lipinski definition) is 4. The minimum Gasteiger partial charge on any atom is -0.507 e. The third-order valence-electron chi connectivity index (χ3n) is 9.65. The molecule has 2 heterocycles. The number of carbonyl (C=O) groups excluding carboxylic acids is 2. The van der Waals surface area contributed by atoms with E-state index in [0.29, 0.717) is 29.9 Å². The van der Waals surface area contributed by atoms with Crippen molar-refractivity contribution in [1.29, 1.82) is 0 Å². The smallest absolute Gasteiger partial charge is 0.416 e. The molecule has 11 heteroatoms. The molecule has 5 rings (SSSR count). The van der Waals surface area contributed by atoms with Gasteiger partial charge in [-0.2, -0.15) is 26.3 Å². The summed E-state index contributed by atoms with van der Waals surface area (Å²) < 4.78 is 88.1. The Labute approximate surface area is 270 Å². The first-order chi connectivity index (χ1) is 21.9. The van der Waals surface area contributed by atoms with Gasteiger partial charge in [-0.3, -0.25) is 9.59 Å². The molecule has 1 aliphatic carbocycles.